The lowest BCUT2D eigenvalue weighted by molar-refractivity contribution is 0.0734. The number of esters is 1. The van der Waals surface area contributed by atoms with Crippen LogP contribution in [0.4, 0.5) is 5.69 Å². The molecule has 3 aromatic rings. The monoisotopic (exact) mass is 326 g/mol. The molecule has 4 nitrogen and oxygen atoms in total. The lowest BCUT2D eigenvalue weighted by Gasteiger charge is -2.07. The summed E-state index contributed by atoms with van der Waals surface area (Å²) in [5, 5.41) is 8.81. The molecule has 0 aromatic heterocycles. The zero-order valence-electron chi connectivity index (χ0n) is 13.3. The van der Waals surface area contributed by atoms with Crippen molar-refractivity contribution >= 4 is 17.9 Å². The Morgan fingerprint density at radius 1 is 0.920 bits per heavy atom. The topological polar surface area (TPSA) is 62.5 Å². The molecule has 0 amide bonds. The predicted octanol–water partition coefficient (Wildman–Crippen LogP) is 4.53. The Labute approximate surface area is 145 Å². The Kier molecular flexibility index (Phi) is 4.98. The minimum atomic E-state index is -0.481. The summed E-state index contributed by atoms with van der Waals surface area (Å²) in [6.07, 6.45) is 1.66. The number of aliphatic imine (C=N–C) groups is 1. The van der Waals surface area contributed by atoms with Crippen LogP contribution in [-0.2, 0) is 0 Å². The summed E-state index contributed by atoms with van der Waals surface area (Å²) >= 11 is 0. The van der Waals surface area contributed by atoms with E-state index in [1.54, 1.807) is 42.6 Å². The van der Waals surface area contributed by atoms with Gasteiger partial charge < -0.3 is 4.74 Å². The number of benzene rings is 3. The Hall–Kier alpha value is -3.71. The highest BCUT2D eigenvalue weighted by atomic mass is 16.5. The molecule has 25 heavy (non-hydrogen) atoms. The van der Waals surface area contributed by atoms with E-state index >= 15 is 0 Å². The SMILES string of the molecule is N#Cc1ccc(C(=O)Oc2ccccc2C=Nc2ccccc2)cc1. The highest BCUT2D eigenvalue weighted by Crippen LogP contribution is 2.19. The molecule has 4 heteroatoms. The molecule has 3 rings (SSSR count). The van der Waals surface area contributed by atoms with Gasteiger partial charge >= 0.3 is 5.97 Å². The highest BCUT2D eigenvalue weighted by Gasteiger charge is 2.10. The molecule has 0 fully saturated rings. The first-order chi connectivity index (χ1) is 12.3. The largest absolute Gasteiger partial charge is 0.422 e. The van der Waals surface area contributed by atoms with Crippen LogP contribution in [0, 0.1) is 11.3 Å². The quantitative estimate of drug-likeness (QED) is 0.402. The number of carbonyl (C=O) groups excluding carboxylic acids is 1. The van der Waals surface area contributed by atoms with Crippen molar-refractivity contribution in [1.29, 1.82) is 5.26 Å². The van der Waals surface area contributed by atoms with E-state index in [9.17, 15) is 4.79 Å². The Morgan fingerprint density at radius 2 is 1.60 bits per heavy atom. The number of carbonyl (C=O) groups is 1. The number of hydrogen-bond donors (Lipinski definition) is 0. The lowest BCUT2D eigenvalue weighted by Crippen LogP contribution is -2.09. The predicted molar refractivity (Wildman–Crippen MR) is 96.3 cm³/mol. The number of nitriles is 1. The van der Waals surface area contributed by atoms with Crippen LogP contribution in [0.3, 0.4) is 0 Å². The second kappa shape index (κ2) is 7.71. The van der Waals surface area contributed by atoms with E-state index in [2.05, 4.69) is 4.99 Å². The maximum atomic E-state index is 12.3. The Bertz CT molecular complexity index is 940. The minimum Gasteiger partial charge on any atom is -0.422 e. The van der Waals surface area contributed by atoms with Crippen LogP contribution >= 0.6 is 0 Å². The first-order valence-electron chi connectivity index (χ1n) is 7.67. The van der Waals surface area contributed by atoms with E-state index in [0.29, 0.717) is 22.4 Å². The van der Waals surface area contributed by atoms with Gasteiger partial charge in [-0.2, -0.15) is 5.26 Å². The second-order valence-electron chi connectivity index (χ2n) is 5.21. The van der Waals surface area contributed by atoms with Gasteiger partial charge in [0.15, 0.2) is 0 Å². The average Bonchev–Trinajstić information content (AvgIpc) is 2.68. The summed E-state index contributed by atoms with van der Waals surface area (Å²) in [5.41, 5.74) is 2.39. The van der Waals surface area contributed by atoms with Gasteiger partial charge in [0.25, 0.3) is 0 Å². The molecule has 0 bridgehead atoms. The summed E-state index contributed by atoms with van der Waals surface area (Å²) < 4.78 is 5.48. The fourth-order valence-corrected chi connectivity index (χ4v) is 2.18. The molecule has 0 atom stereocenters. The minimum absolute atomic E-state index is 0.383. The van der Waals surface area contributed by atoms with Gasteiger partial charge in [-0.25, -0.2) is 4.79 Å². The van der Waals surface area contributed by atoms with Gasteiger partial charge in [0.2, 0.25) is 0 Å². The molecule has 0 heterocycles. The fraction of sp³-hybridized carbons (Fsp3) is 0. The molecule has 0 aliphatic heterocycles. The van der Waals surface area contributed by atoms with Crippen LogP contribution in [0.5, 0.6) is 5.75 Å². The van der Waals surface area contributed by atoms with E-state index in [0.717, 1.165) is 5.69 Å². The van der Waals surface area contributed by atoms with E-state index in [4.69, 9.17) is 10.00 Å². The molecule has 120 valence electrons. The van der Waals surface area contributed by atoms with Crippen LogP contribution in [0.2, 0.25) is 0 Å². The molecule has 0 radical (unpaired) electrons. The summed E-state index contributed by atoms with van der Waals surface area (Å²) in [6, 6.07) is 25.0. The standard InChI is InChI=1S/C21H14N2O2/c22-14-16-10-12-17(13-11-16)21(24)25-20-9-5-4-6-18(20)15-23-19-7-2-1-3-8-19/h1-13,15H. The van der Waals surface area contributed by atoms with Crippen LogP contribution in [0.25, 0.3) is 0 Å². The smallest absolute Gasteiger partial charge is 0.343 e. The molecule has 0 saturated carbocycles. The number of para-hydroxylation sites is 2. The maximum Gasteiger partial charge on any atom is 0.343 e. The van der Waals surface area contributed by atoms with E-state index < -0.39 is 5.97 Å². The molecule has 0 unspecified atom stereocenters. The number of hydrogen-bond acceptors (Lipinski definition) is 4. The normalized spacial score (nSPS) is 10.4. The molecular formula is C21H14N2O2. The second-order valence-corrected chi connectivity index (χ2v) is 5.21. The molecule has 3 aromatic carbocycles. The van der Waals surface area contributed by atoms with Gasteiger partial charge in [0.05, 0.1) is 22.9 Å². The van der Waals surface area contributed by atoms with Crippen LogP contribution < -0.4 is 4.74 Å². The van der Waals surface area contributed by atoms with Gasteiger partial charge in [-0.3, -0.25) is 4.99 Å². The molecule has 0 saturated heterocycles. The summed E-state index contributed by atoms with van der Waals surface area (Å²) in [6.45, 7) is 0. The third-order valence-corrected chi connectivity index (χ3v) is 3.48. The number of ether oxygens (including phenoxy) is 1. The third-order valence-electron chi connectivity index (χ3n) is 3.48. The Morgan fingerprint density at radius 3 is 2.32 bits per heavy atom. The van der Waals surface area contributed by atoms with Crippen LogP contribution in [0.1, 0.15) is 21.5 Å². The summed E-state index contributed by atoms with van der Waals surface area (Å²) in [7, 11) is 0. The van der Waals surface area contributed by atoms with Crippen molar-refractivity contribution < 1.29 is 9.53 Å². The van der Waals surface area contributed by atoms with Crippen molar-refractivity contribution in [3.05, 3.63) is 95.6 Å². The fourth-order valence-electron chi connectivity index (χ4n) is 2.18. The van der Waals surface area contributed by atoms with E-state index in [1.807, 2.05) is 48.5 Å². The molecule has 0 spiro atoms. The third kappa shape index (κ3) is 4.18. The first-order valence-corrected chi connectivity index (χ1v) is 7.67. The highest BCUT2D eigenvalue weighted by molar-refractivity contribution is 5.93. The van der Waals surface area contributed by atoms with Crippen molar-refractivity contribution in [3.63, 3.8) is 0 Å². The lowest BCUT2D eigenvalue weighted by atomic mass is 10.1. The van der Waals surface area contributed by atoms with Crippen molar-refractivity contribution in [2.24, 2.45) is 4.99 Å². The van der Waals surface area contributed by atoms with Gasteiger partial charge in [-0.05, 0) is 48.5 Å². The van der Waals surface area contributed by atoms with Crippen LogP contribution in [0.15, 0.2) is 83.9 Å². The van der Waals surface area contributed by atoms with Crippen molar-refractivity contribution in [1.82, 2.24) is 0 Å². The van der Waals surface area contributed by atoms with Gasteiger partial charge in [-0.1, -0.05) is 30.3 Å². The number of rotatable bonds is 4. The van der Waals surface area contributed by atoms with E-state index in [1.165, 1.54) is 0 Å². The number of nitrogens with zero attached hydrogens (tertiary/aromatic N) is 2. The van der Waals surface area contributed by atoms with Crippen molar-refractivity contribution in [3.8, 4) is 11.8 Å². The molecule has 0 aliphatic rings. The van der Waals surface area contributed by atoms with Gasteiger partial charge in [-0.15, -0.1) is 0 Å². The first kappa shape index (κ1) is 16.2. The summed E-state index contributed by atoms with van der Waals surface area (Å²) in [5.74, 6) is -0.0541. The van der Waals surface area contributed by atoms with E-state index in [-0.39, 0.29) is 0 Å². The maximum absolute atomic E-state index is 12.3. The zero-order chi connectivity index (χ0) is 17.5. The molecule has 0 N–H and O–H groups in total. The molecule has 0 aliphatic carbocycles. The van der Waals surface area contributed by atoms with Crippen molar-refractivity contribution in [2.45, 2.75) is 0 Å². The zero-order valence-corrected chi connectivity index (χ0v) is 13.3. The Balaban J connectivity index is 1.79. The average molecular weight is 326 g/mol. The van der Waals surface area contributed by atoms with Gasteiger partial charge in [0, 0.05) is 11.8 Å². The van der Waals surface area contributed by atoms with Crippen molar-refractivity contribution in [2.75, 3.05) is 0 Å². The molecular weight excluding hydrogens is 312 g/mol. The van der Waals surface area contributed by atoms with Gasteiger partial charge in [0.1, 0.15) is 5.75 Å². The summed E-state index contributed by atoms with van der Waals surface area (Å²) in [4.78, 5) is 16.7. The van der Waals surface area contributed by atoms with Crippen LogP contribution in [-0.4, -0.2) is 12.2 Å².